The summed E-state index contributed by atoms with van der Waals surface area (Å²) in [5, 5.41) is 0. The molecule has 3 nitrogen and oxygen atoms in total. The Balaban J connectivity index is 1.94. The van der Waals surface area contributed by atoms with E-state index in [2.05, 4.69) is 34.6 Å². The molecule has 1 saturated carbocycles. The van der Waals surface area contributed by atoms with Gasteiger partial charge in [0.15, 0.2) is 0 Å². The minimum atomic E-state index is -1.14. The number of hydrogen-bond acceptors (Lipinski definition) is 3. The molecular weight excluding hydrogens is 259 g/mol. The van der Waals surface area contributed by atoms with Crippen LogP contribution in [0.5, 0.6) is 0 Å². The zero-order chi connectivity index (χ0) is 14.0. The monoisotopic (exact) mass is 288 g/mol. The van der Waals surface area contributed by atoms with Crippen LogP contribution >= 0.6 is 8.60 Å². The molecule has 0 radical (unpaired) electrons. The van der Waals surface area contributed by atoms with Gasteiger partial charge in [0.1, 0.15) is 0 Å². The molecule has 0 amide bonds. The molecule has 19 heavy (non-hydrogen) atoms. The van der Waals surface area contributed by atoms with Gasteiger partial charge in [-0.15, -0.1) is 0 Å². The summed E-state index contributed by atoms with van der Waals surface area (Å²) in [6.45, 7) is 11.2. The molecule has 1 aliphatic carbocycles. The molecule has 0 unspecified atom stereocenters. The summed E-state index contributed by atoms with van der Waals surface area (Å²) in [7, 11) is -1.14. The van der Waals surface area contributed by atoms with Gasteiger partial charge in [0.2, 0.25) is 0 Å². The molecule has 2 rings (SSSR count). The third kappa shape index (κ3) is 4.39. The molecule has 0 spiro atoms. The van der Waals surface area contributed by atoms with Gasteiger partial charge in [-0.1, -0.05) is 27.2 Å². The van der Waals surface area contributed by atoms with E-state index < -0.39 is 8.60 Å². The smallest absolute Gasteiger partial charge is 0.309 e. The van der Waals surface area contributed by atoms with Crippen LogP contribution in [-0.2, 0) is 13.6 Å². The van der Waals surface area contributed by atoms with Crippen LogP contribution in [0.1, 0.15) is 60.3 Å². The van der Waals surface area contributed by atoms with Gasteiger partial charge in [0, 0.05) is 6.42 Å². The average Bonchev–Trinajstić information content (AvgIpc) is 2.26. The molecule has 2 aliphatic rings. The first-order valence-corrected chi connectivity index (χ1v) is 8.85. The fraction of sp³-hybridized carbons (Fsp3) is 1.00. The van der Waals surface area contributed by atoms with E-state index in [1.165, 1.54) is 12.8 Å². The van der Waals surface area contributed by atoms with E-state index >= 15 is 0 Å². The number of hydrogen-bond donors (Lipinski definition) is 0. The lowest BCUT2D eigenvalue weighted by Gasteiger charge is -2.40. The Kier molecular flexibility index (Phi) is 5.65. The van der Waals surface area contributed by atoms with Gasteiger partial charge in [-0.25, -0.2) is 0 Å². The highest BCUT2D eigenvalue weighted by molar-refractivity contribution is 7.41. The lowest BCUT2D eigenvalue weighted by atomic mass is 9.75. The molecule has 112 valence electrons. The van der Waals surface area contributed by atoms with E-state index in [9.17, 15) is 0 Å². The first-order valence-electron chi connectivity index (χ1n) is 7.76. The molecule has 2 fully saturated rings. The third-order valence-electron chi connectivity index (χ3n) is 4.38. The second kappa shape index (κ2) is 6.85. The molecule has 5 atom stereocenters. The van der Waals surface area contributed by atoms with Crippen LogP contribution in [0.3, 0.4) is 0 Å². The molecule has 0 aromatic heterocycles. The first-order chi connectivity index (χ1) is 8.95. The summed E-state index contributed by atoms with van der Waals surface area (Å²) in [6.07, 6.45) is 5.55. The Hall–Kier alpha value is 0.310. The normalized spacial score (nSPS) is 44.5. The Labute approximate surface area is 119 Å². The SMILES string of the molecule is CC(C)[C@H]1CC[C@H](C)C[C@H]1OP1O[C@H](C)C[C@@H](C)O1. The van der Waals surface area contributed by atoms with Gasteiger partial charge in [0.05, 0.1) is 18.3 Å². The van der Waals surface area contributed by atoms with Gasteiger partial charge in [-0.3, -0.25) is 0 Å². The van der Waals surface area contributed by atoms with E-state index in [0.717, 1.165) is 18.8 Å². The fourth-order valence-corrected chi connectivity index (χ4v) is 4.64. The number of rotatable bonds is 3. The van der Waals surface area contributed by atoms with Crippen LogP contribution in [0.25, 0.3) is 0 Å². The Bertz CT molecular complexity index is 275. The highest BCUT2D eigenvalue weighted by atomic mass is 31.2. The molecule has 4 heteroatoms. The molecule has 1 aliphatic heterocycles. The van der Waals surface area contributed by atoms with E-state index in [1.807, 2.05) is 0 Å². The van der Waals surface area contributed by atoms with Gasteiger partial charge >= 0.3 is 8.60 Å². The van der Waals surface area contributed by atoms with Crippen molar-refractivity contribution in [2.45, 2.75) is 78.6 Å². The van der Waals surface area contributed by atoms with Crippen molar-refractivity contribution in [1.29, 1.82) is 0 Å². The van der Waals surface area contributed by atoms with Crippen molar-refractivity contribution >= 4 is 8.60 Å². The molecule has 1 saturated heterocycles. The lowest BCUT2D eigenvalue weighted by Crippen LogP contribution is -2.34. The topological polar surface area (TPSA) is 27.7 Å². The maximum atomic E-state index is 6.24. The highest BCUT2D eigenvalue weighted by Gasteiger charge is 2.36. The second-order valence-corrected chi connectivity index (χ2v) is 7.84. The average molecular weight is 288 g/mol. The molecule has 1 heterocycles. The Morgan fingerprint density at radius 3 is 2.21 bits per heavy atom. The van der Waals surface area contributed by atoms with Crippen LogP contribution in [0, 0.1) is 17.8 Å². The van der Waals surface area contributed by atoms with Crippen LogP contribution in [0.15, 0.2) is 0 Å². The third-order valence-corrected chi connectivity index (χ3v) is 5.89. The minimum absolute atomic E-state index is 0.258. The van der Waals surface area contributed by atoms with Crippen LogP contribution in [-0.4, -0.2) is 18.3 Å². The van der Waals surface area contributed by atoms with Gasteiger partial charge in [-0.2, -0.15) is 0 Å². The fourth-order valence-electron chi connectivity index (χ4n) is 3.27. The van der Waals surface area contributed by atoms with Crippen molar-refractivity contribution in [2.75, 3.05) is 0 Å². The summed E-state index contributed by atoms with van der Waals surface area (Å²) in [5.74, 6) is 2.08. The highest BCUT2D eigenvalue weighted by Crippen LogP contribution is 2.51. The van der Waals surface area contributed by atoms with Crippen molar-refractivity contribution in [1.82, 2.24) is 0 Å². The summed E-state index contributed by atoms with van der Waals surface area (Å²) < 4.78 is 17.9. The van der Waals surface area contributed by atoms with E-state index in [-0.39, 0.29) is 12.2 Å². The van der Waals surface area contributed by atoms with Crippen molar-refractivity contribution in [2.24, 2.45) is 17.8 Å². The first kappa shape index (κ1) is 15.7. The summed E-state index contributed by atoms with van der Waals surface area (Å²) in [6, 6.07) is 0. The van der Waals surface area contributed by atoms with E-state index in [4.69, 9.17) is 13.6 Å². The lowest BCUT2D eigenvalue weighted by molar-refractivity contribution is -0.0171. The maximum absolute atomic E-state index is 6.24. The van der Waals surface area contributed by atoms with Gasteiger partial charge in [-0.05, 0) is 44.4 Å². The molecule has 0 N–H and O–H groups in total. The van der Waals surface area contributed by atoms with Crippen molar-refractivity contribution in [3.05, 3.63) is 0 Å². The predicted octanol–water partition coefficient (Wildman–Crippen LogP) is 4.90. The van der Waals surface area contributed by atoms with Gasteiger partial charge in [0.25, 0.3) is 0 Å². The Morgan fingerprint density at radius 2 is 1.63 bits per heavy atom. The van der Waals surface area contributed by atoms with Crippen LogP contribution in [0.2, 0.25) is 0 Å². The largest absolute Gasteiger partial charge is 0.333 e. The quantitative estimate of drug-likeness (QED) is 0.691. The minimum Gasteiger partial charge on any atom is -0.309 e. The Morgan fingerprint density at radius 1 is 1.00 bits per heavy atom. The van der Waals surface area contributed by atoms with E-state index in [0.29, 0.717) is 17.9 Å². The molecule has 0 aromatic carbocycles. The van der Waals surface area contributed by atoms with Crippen molar-refractivity contribution in [3.8, 4) is 0 Å². The maximum Gasteiger partial charge on any atom is 0.333 e. The van der Waals surface area contributed by atoms with Crippen LogP contribution < -0.4 is 0 Å². The van der Waals surface area contributed by atoms with Gasteiger partial charge < -0.3 is 13.6 Å². The zero-order valence-corrected chi connectivity index (χ0v) is 13.9. The second-order valence-electron chi connectivity index (χ2n) is 6.76. The summed E-state index contributed by atoms with van der Waals surface area (Å²) in [4.78, 5) is 0. The molecule has 0 aromatic rings. The van der Waals surface area contributed by atoms with Crippen molar-refractivity contribution in [3.63, 3.8) is 0 Å². The standard InChI is InChI=1S/C15H29O3P/c1-10(2)14-7-6-11(3)8-15(14)18-19-16-12(4)9-13(5)17-19/h10-15H,6-9H2,1-5H3/t11-,12+,13+,14+,15+/m0/s1. The molecule has 0 bridgehead atoms. The summed E-state index contributed by atoms with van der Waals surface area (Å²) in [5.41, 5.74) is 0. The molecular formula is C15H29O3P. The summed E-state index contributed by atoms with van der Waals surface area (Å²) >= 11 is 0. The van der Waals surface area contributed by atoms with Crippen molar-refractivity contribution < 1.29 is 13.6 Å². The zero-order valence-electron chi connectivity index (χ0n) is 13.0. The van der Waals surface area contributed by atoms with Crippen LogP contribution in [0.4, 0.5) is 0 Å². The van der Waals surface area contributed by atoms with E-state index in [1.54, 1.807) is 0 Å². The predicted molar refractivity (Wildman–Crippen MR) is 78.8 cm³/mol.